The van der Waals surface area contributed by atoms with Crippen LogP contribution in [0.4, 0.5) is 4.39 Å². The van der Waals surface area contributed by atoms with Crippen LogP contribution in [-0.4, -0.2) is 43.5 Å². The van der Waals surface area contributed by atoms with E-state index in [4.69, 9.17) is 4.74 Å². The summed E-state index contributed by atoms with van der Waals surface area (Å²) in [7, 11) is 1.63. The number of carbonyl (C=O) groups excluding carboxylic acids is 2. The molecule has 0 saturated carbocycles. The lowest BCUT2D eigenvalue weighted by atomic mass is 9.83. The van der Waals surface area contributed by atoms with Crippen molar-refractivity contribution in [2.75, 3.05) is 26.7 Å². The van der Waals surface area contributed by atoms with E-state index in [-0.39, 0.29) is 35.8 Å². The summed E-state index contributed by atoms with van der Waals surface area (Å²) in [6, 6.07) is 23.6. The highest BCUT2D eigenvalue weighted by Crippen LogP contribution is 2.31. The number of nitrogens with zero attached hydrogens (tertiary/aromatic N) is 1. The van der Waals surface area contributed by atoms with E-state index in [1.165, 1.54) is 12.1 Å². The second-order valence-electron chi connectivity index (χ2n) is 8.62. The molecule has 0 radical (unpaired) electrons. The molecule has 6 heteroatoms. The maximum absolute atomic E-state index is 14.3. The lowest BCUT2D eigenvalue weighted by Crippen LogP contribution is -2.48. The second kappa shape index (κ2) is 11.0. The van der Waals surface area contributed by atoms with Gasteiger partial charge in [0.25, 0.3) is 5.91 Å². The molecule has 1 saturated heterocycles. The van der Waals surface area contributed by atoms with Crippen LogP contribution in [0.2, 0.25) is 0 Å². The van der Waals surface area contributed by atoms with Gasteiger partial charge in [0.1, 0.15) is 11.6 Å². The number of halogens is 1. The van der Waals surface area contributed by atoms with Crippen molar-refractivity contribution in [2.45, 2.75) is 18.8 Å². The van der Waals surface area contributed by atoms with Gasteiger partial charge in [0.2, 0.25) is 5.91 Å². The van der Waals surface area contributed by atoms with Gasteiger partial charge in [-0.15, -0.1) is 0 Å². The first-order chi connectivity index (χ1) is 16.5. The van der Waals surface area contributed by atoms with Gasteiger partial charge in [0.15, 0.2) is 0 Å². The number of carbonyl (C=O) groups is 2. The molecule has 1 N–H and O–H groups in total. The van der Waals surface area contributed by atoms with Crippen LogP contribution in [0.15, 0.2) is 78.9 Å². The minimum atomic E-state index is -0.546. The molecule has 0 spiro atoms. The highest BCUT2D eigenvalue weighted by molar-refractivity contribution is 5.95. The van der Waals surface area contributed by atoms with Crippen molar-refractivity contribution in [3.05, 3.63) is 101 Å². The maximum atomic E-state index is 14.3. The fourth-order valence-corrected chi connectivity index (χ4v) is 4.49. The number of benzene rings is 3. The van der Waals surface area contributed by atoms with E-state index in [0.717, 1.165) is 16.9 Å². The van der Waals surface area contributed by atoms with E-state index < -0.39 is 5.82 Å². The first-order valence-electron chi connectivity index (χ1n) is 11.5. The molecule has 3 aromatic carbocycles. The Morgan fingerprint density at radius 1 is 0.971 bits per heavy atom. The average molecular weight is 461 g/mol. The van der Waals surface area contributed by atoms with Crippen molar-refractivity contribution in [2.24, 2.45) is 5.92 Å². The molecule has 0 aliphatic carbocycles. The van der Waals surface area contributed by atoms with Gasteiger partial charge in [-0.2, -0.15) is 0 Å². The zero-order chi connectivity index (χ0) is 23.9. The van der Waals surface area contributed by atoms with Crippen LogP contribution >= 0.6 is 0 Å². The predicted octanol–water partition coefficient (Wildman–Crippen LogP) is 4.44. The number of rotatable bonds is 7. The summed E-state index contributed by atoms with van der Waals surface area (Å²) in [5.41, 5.74) is 2.21. The summed E-state index contributed by atoms with van der Waals surface area (Å²) < 4.78 is 19.5. The van der Waals surface area contributed by atoms with Crippen LogP contribution in [-0.2, 0) is 11.2 Å². The van der Waals surface area contributed by atoms with Gasteiger partial charge < -0.3 is 15.0 Å². The van der Waals surface area contributed by atoms with Gasteiger partial charge in [0.05, 0.1) is 18.6 Å². The topological polar surface area (TPSA) is 58.6 Å². The van der Waals surface area contributed by atoms with E-state index in [1.807, 2.05) is 54.6 Å². The zero-order valence-corrected chi connectivity index (χ0v) is 19.2. The number of piperidine rings is 1. The smallest absolute Gasteiger partial charge is 0.256 e. The highest BCUT2D eigenvalue weighted by atomic mass is 19.1. The Bertz CT molecular complexity index is 1120. The van der Waals surface area contributed by atoms with Crippen molar-refractivity contribution >= 4 is 11.8 Å². The van der Waals surface area contributed by atoms with E-state index in [0.29, 0.717) is 25.9 Å². The standard InChI is InChI=1S/C28H29FN2O3/c1-34-24-13-11-20(12-14-24)15-16-30-27(32)23-17-22(21-7-3-2-4-8-21)18-31(19-23)28(33)25-9-5-6-10-26(25)29/h2-14,22-23H,15-19H2,1H3,(H,30,32). The Kier molecular flexibility index (Phi) is 7.58. The molecule has 2 unspecified atom stereocenters. The average Bonchev–Trinajstić information content (AvgIpc) is 2.89. The third-order valence-corrected chi connectivity index (χ3v) is 6.36. The summed E-state index contributed by atoms with van der Waals surface area (Å²) in [5.74, 6) is -0.583. The van der Waals surface area contributed by atoms with Gasteiger partial charge in [-0.3, -0.25) is 9.59 Å². The van der Waals surface area contributed by atoms with Gasteiger partial charge in [-0.05, 0) is 48.2 Å². The number of hydrogen-bond donors (Lipinski definition) is 1. The number of methoxy groups -OCH3 is 1. The number of likely N-dealkylation sites (tertiary alicyclic amines) is 1. The van der Waals surface area contributed by atoms with Crippen molar-refractivity contribution in [3.63, 3.8) is 0 Å². The molecule has 5 nitrogen and oxygen atoms in total. The molecule has 1 heterocycles. The van der Waals surface area contributed by atoms with Gasteiger partial charge >= 0.3 is 0 Å². The Hall–Kier alpha value is -3.67. The normalized spacial score (nSPS) is 17.8. The molecule has 2 amide bonds. The summed E-state index contributed by atoms with van der Waals surface area (Å²) in [6.07, 6.45) is 1.34. The monoisotopic (exact) mass is 460 g/mol. The minimum absolute atomic E-state index is 0.00279. The van der Waals surface area contributed by atoms with Crippen molar-refractivity contribution in [3.8, 4) is 5.75 Å². The van der Waals surface area contributed by atoms with Gasteiger partial charge in [0, 0.05) is 25.6 Å². The van der Waals surface area contributed by atoms with Crippen molar-refractivity contribution in [1.29, 1.82) is 0 Å². The Morgan fingerprint density at radius 3 is 2.38 bits per heavy atom. The van der Waals surface area contributed by atoms with Crippen LogP contribution < -0.4 is 10.1 Å². The minimum Gasteiger partial charge on any atom is -0.497 e. The largest absolute Gasteiger partial charge is 0.497 e. The SMILES string of the molecule is COc1ccc(CCNC(=O)C2CC(c3ccccc3)CN(C(=O)c3ccccc3F)C2)cc1. The quantitative estimate of drug-likeness (QED) is 0.567. The first kappa shape index (κ1) is 23.5. The third kappa shape index (κ3) is 5.63. The zero-order valence-electron chi connectivity index (χ0n) is 19.2. The molecule has 0 aromatic heterocycles. The highest BCUT2D eigenvalue weighted by Gasteiger charge is 2.35. The second-order valence-corrected chi connectivity index (χ2v) is 8.62. The molecule has 176 valence electrons. The van der Waals surface area contributed by atoms with Crippen LogP contribution in [0.1, 0.15) is 33.8 Å². The summed E-state index contributed by atoms with van der Waals surface area (Å²) >= 11 is 0. The van der Waals surface area contributed by atoms with E-state index in [2.05, 4.69) is 5.32 Å². The van der Waals surface area contributed by atoms with Crippen molar-refractivity contribution < 1.29 is 18.7 Å². The predicted molar refractivity (Wildman–Crippen MR) is 129 cm³/mol. The molecular formula is C28H29FN2O3. The Balaban J connectivity index is 1.45. The molecule has 1 fully saturated rings. The van der Waals surface area contributed by atoms with E-state index in [1.54, 1.807) is 24.1 Å². The summed E-state index contributed by atoms with van der Waals surface area (Å²) in [4.78, 5) is 27.9. The molecule has 1 aliphatic rings. The fourth-order valence-electron chi connectivity index (χ4n) is 4.49. The number of ether oxygens (including phenoxy) is 1. The van der Waals surface area contributed by atoms with Crippen LogP contribution in [0.5, 0.6) is 5.75 Å². The first-order valence-corrected chi connectivity index (χ1v) is 11.5. The molecular weight excluding hydrogens is 431 g/mol. The lowest BCUT2D eigenvalue weighted by molar-refractivity contribution is -0.126. The Morgan fingerprint density at radius 2 is 1.68 bits per heavy atom. The van der Waals surface area contributed by atoms with Crippen LogP contribution in [0, 0.1) is 11.7 Å². The molecule has 4 rings (SSSR count). The Labute approximate surface area is 199 Å². The van der Waals surface area contributed by atoms with Crippen LogP contribution in [0.25, 0.3) is 0 Å². The molecule has 34 heavy (non-hydrogen) atoms. The molecule has 2 atom stereocenters. The number of nitrogens with one attached hydrogen (secondary N) is 1. The fraction of sp³-hybridized carbons (Fsp3) is 0.286. The maximum Gasteiger partial charge on any atom is 0.256 e. The lowest BCUT2D eigenvalue weighted by Gasteiger charge is -2.37. The van der Waals surface area contributed by atoms with E-state index in [9.17, 15) is 14.0 Å². The van der Waals surface area contributed by atoms with Gasteiger partial charge in [-0.25, -0.2) is 4.39 Å². The molecule has 0 bridgehead atoms. The summed E-state index contributed by atoms with van der Waals surface area (Å²) in [5, 5.41) is 3.03. The van der Waals surface area contributed by atoms with Crippen LogP contribution in [0.3, 0.4) is 0 Å². The van der Waals surface area contributed by atoms with Crippen molar-refractivity contribution in [1.82, 2.24) is 10.2 Å². The van der Waals surface area contributed by atoms with E-state index >= 15 is 0 Å². The van der Waals surface area contributed by atoms with Gasteiger partial charge in [-0.1, -0.05) is 54.6 Å². The molecule has 1 aliphatic heterocycles. The third-order valence-electron chi connectivity index (χ3n) is 6.36. The number of hydrogen-bond acceptors (Lipinski definition) is 3. The summed E-state index contributed by atoms with van der Waals surface area (Å²) in [6.45, 7) is 1.22. The number of amides is 2. The molecule has 3 aromatic rings.